The molecule has 2 heterocycles. The van der Waals surface area contributed by atoms with Crippen LogP contribution in [0.3, 0.4) is 0 Å². The molecule has 212 valence electrons. The summed E-state index contributed by atoms with van der Waals surface area (Å²) in [6.45, 7) is 1.85. The second-order valence-electron chi connectivity index (χ2n) is 9.87. The Balaban J connectivity index is 1.38. The molecule has 0 saturated carbocycles. The third kappa shape index (κ3) is 4.76. The second-order valence-corrected chi connectivity index (χ2v) is 11.4. The minimum Gasteiger partial charge on any atom is -0.379 e. The molecule has 4 aromatic carbocycles. The number of hydrogen-bond acceptors (Lipinski definition) is 9. The van der Waals surface area contributed by atoms with Gasteiger partial charge in [0.25, 0.3) is 11.6 Å². The molecule has 2 saturated heterocycles. The normalized spacial score (nSPS) is 20.1. The number of nitro groups is 1. The molecule has 3 atom stereocenters. The predicted molar refractivity (Wildman–Crippen MR) is 151 cm³/mol. The van der Waals surface area contributed by atoms with E-state index in [1.165, 1.54) is 47.5 Å². The molecule has 42 heavy (non-hydrogen) atoms. The Hall–Kier alpha value is -5.07. The SMILES string of the molecule is Cc1cccc(N2C(=O)[C@@H]3[C@H](ON(c4cccc([N+](=O)[O-])c4)[C@@H]3c3ccc(OS(=O)(=O)c4ccccc4)cc3)C2=O)c1. The van der Waals surface area contributed by atoms with E-state index in [0.29, 0.717) is 11.3 Å². The number of fused-ring (bicyclic) bond motifs is 1. The molecule has 11 nitrogen and oxygen atoms in total. The van der Waals surface area contributed by atoms with E-state index in [1.807, 2.05) is 13.0 Å². The fraction of sp³-hybridized carbons (Fsp3) is 0.133. The number of carbonyl (C=O) groups excluding carboxylic acids is 2. The summed E-state index contributed by atoms with van der Waals surface area (Å²) >= 11 is 0. The zero-order valence-corrected chi connectivity index (χ0v) is 22.9. The maximum Gasteiger partial charge on any atom is 0.339 e. The van der Waals surface area contributed by atoms with Gasteiger partial charge in [-0.2, -0.15) is 8.42 Å². The number of imide groups is 1. The van der Waals surface area contributed by atoms with Crippen molar-refractivity contribution >= 4 is 39.0 Å². The van der Waals surface area contributed by atoms with E-state index >= 15 is 0 Å². The summed E-state index contributed by atoms with van der Waals surface area (Å²) in [5.74, 6) is -1.99. The van der Waals surface area contributed by atoms with Crippen LogP contribution in [-0.2, 0) is 24.5 Å². The van der Waals surface area contributed by atoms with Crippen molar-refractivity contribution in [3.05, 3.63) is 124 Å². The van der Waals surface area contributed by atoms with Crippen LogP contribution in [0.15, 0.2) is 108 Å². The first-order chi connectivity index (χ1) is 20.1. The summed E-state index contributed by atoms with van der Waals surface area (Å²) in [4.78, 5) is 45.5. The largest absolute Gasteiger partial charge is 0.379 e. The third-order valence-electron chi connectivity index (χ3n) is 7.13. The smallest absolute Gasteiger partial charge is 0.339 e. The number of benzene rings is 4. The molecule has 2 aliphatic rings. The monoisotopic (exact) mass is 585 g/mol. The Bertz CT molecular complexity index is 1810. The van der Waals surface area contributed by atoms with E-state index in [9.17, 15) is 28.1 Å². The lowest BCUT2D eigenvalue weighted by atomic mass is 9.90. The topological polar surface area (TPSA) is 136 Å². The van der Waals surface area contributed by atoms with Crippen LogP contribution >= 0.6 is 0 Å². The Labute approximate surface area is 240 Å². The Morgan fingerprint density at radius 3 is 2.21 bits per heavy atom. The maximum absolute atomic E-state index is 13.8. The van der Waals surface area contributed by atoms with Gasteiger partial charge in [-0.3, -0.25) is 24.5 Å². The number of rotatable bonds is 7. The quantitative estimate of drug-likeness (QED) is 0.131. The number of carbonyl (C=O) groups is 2. The van der Waals surface area contributed by atoms with Gasteiger partial charge in [-0.15, -0.1) is 0 Å². The van der Waals surface area contributed by atoms with Gasteiger partial charge in [-0.05, 0) is 60.5 Å². The number of hydrogen-bond donors (Lipinski definition) is 0. The first-order valence-electron chi connectivity index (χ1n) is 12.9. The van der Waals surface area contributed by atoms with E-state index in [2.05, 4.69) is 0 Å². The van der Waals surface area contributed by atoms with Gasteiger partial charge < -0.3 is 4.18 Å². The lowest BCUT2D eigenvalue weighted by molar-refractivity contribution is -0.384. The summed E-state index contributed by atoms with van der Waals surface area (Å²) < 4.78 is 30.7. The van der Waals surface area contributed by atoms with Crippen molar-refractivity contribution in [2.75, 3.05) is 9.96 Å². The van der Waals surface area contributed by atoms with E-state index < -0.39 is 44.9 Å². The van der Waals surface area contributed by atoms with Crippen LogP contribution in [0.25, 0.3) is 0 Å². The summed E-state index contributed by atoms with van der Waals surface area (Å²) in [5, 5.41) is 12.8. The van der Waals surface area contributed by atoms with Gasteiger partial charge in [-0.25, -0.2) is 9.96 Å². The van der Waals surface area contributed by atoms with Crippen molar-refractivity contribution in [3.8, 4) is 5.75 Å². The highest BCUT2D eigenvalue weighted by atomic mass is 32.2. The van der Waals surface area contributed by atoms with E-state index in [4.69, 9.17) is 9.02 Å². The molecule has 0 N–H and O–H groups in total. The van der Waals surface area contributed by atoms with Crippen molar-refractivity contribution in [2.45, 2.75) is 24.0 Å². The zero-order valence-electron chi connectivity index (χ0n) is 22.1. The Morgan fingerprint density at radius 2 is 1.52 bits per heavy atom. The lowest BCUT2D eigenvalue weighted by Crippen LogP contribution is -2.37. The van der Waals surface area contributed by atoms with Crippen LogP contribution in [-0.4, -0.2) is 31.3 Å². The van der Waals surface area contributed by atoms with Crippen LogP contribution in [0.5, 0.6) is 5.75 Å². The highest BCUT2D eigenvalue weighted by molar-refractivity contribution is 7.87. The summed E-state index contributed by atoms with van der Waals surface area (Å²) in [7, 11) is -4.09. The molecule has 0 aliphatic carbocycles. The fourth-order valence-corrected chi connectivity index (χ4v) is 6.18. The van der Waals surface area contributed by atoms with Crippen molar-refractivity contribution in [1.82, 2.24) is 0 Å². The Morgan fingerprint density at radius 1 is 0.833 bits per heavy atom. The molecule has 2 fully saturated rings. The molecule has 0 radical (unpaired) electrons. The molecule has 12 heteroatoms. The van der Waals surface area contributed by atoms with Gasteiger partial charge in [0.2, 0.25) is 5.91 Å². The van der Waals surface area contributed by atoms with E-state index in [0.717, 1.165) is 10.5 Å². The maximum atomic E-state index is 13.8. The average Bonchev–Trinajstić information content (AvgIpc) is 3.49. The number of hydroxylamine groups is 1. The minimum absolute atomic E-state index is 0.00994. The summed E-state index contributed by atoms with van der Waals surface area (Å²) in [6, 6.07) is 25.5. The minimum atomic E-state index is -4.09. The number of nitro benzene ring substituents is 1. The number of anilines is 2. The van der Waals surface area contributed by atoms with E-state index in [1.54, 1.807) is 54.6 Å². The Kier molecular flexibility index (Phi) is 6.71. The van der Waals surface area contributed by atoms with Crippen LogP contribution in [0.2, 0.25) is 0 Å². The molecular weight excluding hydrogens is 562 g/mol. The number of amides is 2. The highest BCUT2D eigenvalue weighted by Gasteiger charge is 2.60. The van der Waals surface area contributed by atoms with Crippen LogP contribution in [0, 0.1) is 23.0 Å². The first kappa shape index (κ1) is 27.1. The standard InChI is InChI=1S/C30H23N3O8S/c1-19-7-5-8-21(17-19)31-29(34)26-27(32(40-28(26)30(31)35)22-9-6-10-23(18-22)33(36)37)20-13-15-24(16-14-20)41-42(38,39)25-11-3-2-4-12-25/h2-18,26-28H,1H3/t26-,27+,28-/m0/s1. The van der Waals surface area contributed by atoms with Gasteiger partial charge in [0, 0.05) is 12.1 Å². The van der Waals surface area contributed by atoms with Crippen molar-refractivity contribution in [3.63, 3.8) is 0 Å². The molecule has 0 spiro atoms. The van der Waals surface area contributed by atoms with Gasteiger partial charge in [0.15, 0.2) is 6.10 Å². The van der Waals surface area contributed by atoms with Crippen molar-refractivity contribution < 1.29 is 32.0 Å². The molecule has 0 unspecified atom stereocenters. The predicted octanol–water partition coefficient (Wildman–Crippen LogP) is 4.72. The molecule has 0 bridgehead atoms. The lowest BCUT2D eigenvalue weighted by Gasteiger charge is -2.28. The number of aryl methyl sites for hydroxylation is 1. The van der Waals surface area contributed by atoms with Gasteiger partial charge in [0.1, 0.15) is 16.6 Å². The van der Waals surface area contributed by atoms with Crippen LogP contribution in [0.1, 0.15) is 17.2 Å². The van der Waals surface area contributed by atoms with Gasteiger partial charge in [0.05, 0.1) is 22.3 Å². The molecule has 0 aromatic heterocycles. The average molecular weight is 586 g/mol. The molecule has 2 amide bonds. The number of non-ortho nitro benzene ring substituents is 1. The molecule has 2 aliphatic heterocycles. The first-order valence-corrected chi connectivity index (χ1v) is 14.3. The van der Waals surface area contributed by atoms with Gasteiger partial charge >= 0.3 is 10.1 Å². The van der Waals surface area contributed by atoms with Crippen LogP contribution < -0.4 is 14.1 Å². The second kappa shape index (κ2) is 10.4. The van der Waals surface area contributed by atoms with Crippen molar-refractivity contribution in [1.29, 1.82) is 0 Å². The zero-order chi connectivity index (χ0) is 29.6. The molecule has 6 rings (SSSR count). The van der Waals surface area contributed by atoms with Gasteiger partial charge in [-0.1, -0.05) is 48.5 Å². The highest BCUT2D eigenvalue weighted by Crippen LogP contribution is 2.48. The molecule has 4 aromatic rings. The van der Waals surface area contributed by atoms with E-state index in [-0.39, 0.29) is 22.0 Å². The van der Waals surface area contributed by atoms with Crippen LogP contribution in [0.4, 0.5) is 17.1 Å². The third-order valence-corrected chi connectivity index (χ3v) is 8.39. The number of nitrogens with zero attached hydrogens (tertiary/aromatic N) is 3. The van der Waals surface area contributed by atoms with Crippen molar-refractivity contribution in [2.24, 2.45) is 5.92 Å². The summed E-state index contributed by atoms with van der Waals surface area (Å²) in [5.41, 5.74) is 1.87. The molecular formula is C30H23N3O8S. The summed E-state index contributed by atoms with van der Waals surface area (Å²) in [6.07, 6.45) is -1.18. The fourth-order valence-electron chi connectivity index (χ4n) is 5.22.